The average molecular weight is 258 g/mol. The van der Waals surface area contributed by atoms with Gasteiger partial charge in [0.15, 0.2) is 0 Å². The average Bonchev–Trinajstić information content (AvgIpc) is 2.76. The molecule has 1 aromatic heterocycles. The number of nitrogen functional groups attached to an aromatic ring is 1. The zero-order chi connectivity index (χ0) is 13.8. The van der Waals surface area contributed by atoms with E-state index >= 15 is 0 Å². The Morgan fingerprint density at radius 1 is 1.37 bits per heavy atom. The number of hydrogen-bond acceptors (Lipinski definition) is 3. The van der Waals surface area contributed by atoms with Crippen LogP contribution in [0.5, 0.6) is 0 Å². The Bertz CT molecular complexity index is 530. The molecule has 1 unspecified atom stereocenters. The van der Waals surface area contributed by atoms with E-state index in [4.69, 9.17) is 5.73 Å². The summed E-state index contributed by atoms with van der Waals surface area (Å²) in [6.07, 6.45) is 4.62. The molecule has 2 rings (SSSR count). The number of nitrogens with two attached hydrogens (primary N) is 1. The van der Waals surface area contributed by atoms with Gasteiger partial charge in [-0.2, -0.15) is 5.10 Å². The number of hydrogen-bond donors (Lipinski definition) is 1. The molecule has 0 spiro atoms. The quantitative estimate of drug-likeness (QED) is 0.895. The highest BCUT2D eigenvalue weighted by molar-refractivity contribution is 5.32. The predicted molar refractivity (Wildman–Crippen MR) is 79.1 cm³/mol. The van der Waals surface area contributed by atoms with Crippen LogP contribution >= 0.6 is 0 Å². The first-order valence-corrected chi connectivity index (χ1v) is 6.57. The highest BCUT2D eigenvalue weighted by Crippen LogP contribution is 2.23. The molecule has 1 heterocycles. The van der Waals surface area contributed by atoms with E-state index in [0.717, 1.165) is 13.0 Å². The smallest absolute Gasteiger partial charge is 0.0781 e. The van der Waals surface area contributed by atoms with E-state index in [1.807, 2.05) is 10.9 Å². The molecule has 0 saturated carbocycles. The van der Waals surface area contributed by atoms with Crippen molar-refractivity contribution in [1.82, 2.24) is 14.7 Å². The topological polar surface area (TPSA) is 47.1 Å². The monoisotopic (exact) mass is 258 g/mol. The molecular formula is C15H22N4. The molecule has 1 aromatic carbocycles. The summed E-state index contributed by atoms with van der Waals surface area (Å²) >= 11 is 0. The van der Waals surface area contributed by atoms with Crippen LogP contribution < -0.4 is 5.73 Å². The van der Waals surface area contributed by atoms with Gasteiger partial charge < -0.3 is 10.6 Å². The van der Waals surface area contributed by atoms with Crippen molar-refractivity contribution in [3.8, 4) is 0 Å². The Balaban J connectivity index is 2.28. The maximum Gasteiger partial charge on any atom is 0.0781 e. The van der Waals surface area contributed by atoms with Gasteiger partial charge in [-0.1, -0.05) is 29.8 Å². The van der Waals surface area contributed by atoms with Crippen molar-refractivity contribution < 1.29 is 0 Å². The fourth-order valence-corrected chi connectivity index (χ4v) is 2.23. The molecule has 0 fully saturated rings. The highest BCUT2D eigenvalue weighted by atomic mass is 15.3. The lowest BCUT2D eigenvalue weighted by molar-refractivity contribution is 0.357. The molecule has 4 heteroatoms. The Morgan fingerprint density at radius 3 is 2.74 bits per heavy atom. The summed E-state index contributed by atoms with van der Waals surface area (Å²) in [6, 6.07) is 8.83. The first-order chi connectivity index (χ1) is 9.06. The maximum absolute atomic E-state index is 5.79. The molecule has 0 aliphatic heterocycles. The third-order valence-corrected chi connectivity index (χ3v) is 3.22. The van der Waals surface area contributed by atoms with Gasteiger partial charge in [0, 0.05) is 6.20 Å². The van der Waals surface area contributed by atoms with E-state index in [1.165, 1.54) is 11.1 Å². The fraction of sp³-hybridized carbons (Fsp3) is 0.400. The van der Waals surface area contributed by atoms with Crippen LogP contribution in [-0.2, 0) is 0 Å². The van der Waals surface area contributed by atoms with Gasteiger partial charge in [0.25, 0.3) is 0 Å². The Labute approximate surface area is 114 Å². The summed E-state index contributed by atoms with van der Waals surface area (Å²) < 4.78 is 1.97. The molecule has 102 valence electrons. The summed E-state index contributed by atoms with van der Waals surface area (Å²) in [5.41, 5.74) is 9.05. The number of rotatable bonds is 5. The second-order valence-electron chi connectivity index (χ2n) is 5.28. The lowest BCUT2D eigenvalue weighted by atomic mass is 10.0. The minimum atomic E-state index is 0.236. The lowest BCUT2D eigenvalue weighted by Crippen LogP contribution is -2.20. The van der Waals surface area contributed by atoms with Crippen molar-refractivity contribution in [3.63, 3.8) is 0 Å². The molecule has 19 heavy (non-hydrogen) atoms. The van der Waals surface area contributed by atoms with Crippen LogP contribution in [0.15, 0.2) is 36.7 Å². The van der Waals surface area contributed by atoms with Gasteiger partial charge in [-0.3, -0.25) is 4.68 Å². The minimum Gasteiger partial charge on any atom is -0.396 e. The van der Waals surface area contributed by atoms with E-state index < -0.39 is 0 Å². The first-order valence-electron chi connectivity index (χ1n) is 6.57. The molecule has 0 aliphatic rings. The van der Waals surface area contributed by atoms with Crippen molar-refractivity contribution in [2.24, 2.45) is 0 Å². The molecule has 0 saturated heterocycles. The van der Waals surface area contributed by atoms with Crippen molar-refractivity contribution in [3.05, 3.63) is 47.8 Å². The lowest BCUT2D eigenvalue weighted by Gasteiger charge is -2.20. The van der Waals surface area contributed by atoms with Gasteiger partial charge in [0.2, 0.25) is 0 Å². The van der Waals surface area contributed by atoms with Crippen LogP contribution in [0.3, 0.4) is 0 Å². The van der Waals surface area contributed by atoms with E-state index in [2.05, 4.69) is 55.3 Å². The zero-order valence-electron chi connectivity index (χ0n) is 11.9. The van der Waals surface area contributed by atoms with E-state index in [1.54, 1.807) is 6.20 Å². The van der Waals surface area contributed by atoms with Gasteiger partial charge in [-0.25, -0.2) is 0 Å². The zero-order valence-corrected chi connectivity index (χ0v) is 11.9. The third-order valence-electron chi connectivity index (χ3n) is 3.22. The summed E-state index contributed by atoms with van der Waals surface area (Å²) in [7, 11) is 4.18. The SMILES string of the molecule is Cc1cccc(C(CCN(C)C)n2cc(N)cn2)c1. The molecule has 2 N–H and O–H groups in total. The number of benzene rings is 1. The number of aromatic nitrogens is 2. The van der Waals surface area contributed by atoms with Crippen molar-refractivity contribution in [2.45, 2.75) is 19.4 Å². The highest BCUT2D eigenvalue weighted by Gasteiger charge is 2.15. The van der Waals surface area contributed by atoms with Crippen LogP contribution in [0, 0.1) is 6.92 Å². The van der Waals surface area contributed by atoms with Crippen LogP contribution in [0.1, 0.15) is 23.6 Å². The van der Waals surface area contributed by atoms with Gasteiger partial charge in [0.1, 0.15) is 0 Å². The summed E-state index contributed by atoms with van der Waals surface area (Å²) in [4.78, 5) is 2.19. The van der Waals surface area contributed by atoms with E-state index in [0.29, 0.717) is 5.69 Å². The number of nitrogens with zero attached hydrogens (tertiary/aromatic N) is 3. The second kappa shape index (κ2) is 5.89. The Hall–Kier alpha value is -1.81. The molecule has 0 aliphatic carbocycles. The van der Waals surface area contributed by atoms with Gasteiger partial charge >= 0.3 is 0 Å². The summed E-state index contributed by atoms with van der Waals surface area (Å²) in [5, 5.41) is 4.37. The standard InChI is InChI=1S/C15H22N4/c1-12-5-4-6-13(9-12)15(7-8-18(2)3)19-11-14(16)10-17-19/h4-6,9-11,15H,7-8,16H2,1-3H3. The molecule has 2 aromatic rings. The van der Waals surface area contributed by atoms with E-state index in [-0.39, 0.29) is 6.04 Å². The number of aryl methyl sites for hydroxylation is 1. The Morgan fingerprint density at radius 2 is 2.16 bits per heavy atom. The molecule has 1 atom stereocenters. The summed E-state index contributed by atoms with van der Waals surface area (Å²) in [6.45, 7) is 3.13. The van der Waals surface area contributed by atoms with Gasteiger partial charge in [0.05, 0.1) is 17.9 Å². The molecule has 0 bridgehead atoms. The Kier molecular flexibility index (Phi) is 4.22. The van der Waals surface area contributed by atoms with Crippen LogP contribution in [0.25, 0.3) is 0 Å². The molecule has 0 amide bonds. The van der Waals surface area contributed by atoms with Crippen LogP contribution in [0.2, 0.25) is 0 Å². The van der Waals surface area contributed by atoms with Crippen molar-refractivity contribution >= 4 is 5.69 Å². The second-order valence-corrected chi connectivity index (χ2v) is 5.28. The van der Waals surface area contributed by atoms with Crippen molar-refractivity contribution in [2.75, 3.05) is 26.4 Å². The maximum atomic E-state index is 5.79. The minimum absolute atomic E-state index is 0.236. The molecule has 0 radical (unpaired) electrons. The van der Waals surface area contributed by atoms with Crippen LogP contribution in [-0.4, -0.2) is 35.3 Å². The molecule has 4 nitrogen and oxygen atoms in total. The van der Waals surface area contributed by atoms with E-state index in [9.17, 15) is 0 Å². The summed E-state index contributed by atoms with van der Waals surface area (Å²) in [5.74, 6) is 0. The largest absolute Gasteiger partial charge is 0.396 e. The molecular weight excluding hydrogens is 236 g/mol. The normalized spacial score (nSPS) is 12.8. The van der Waals surface area contributed by atoms with Crippen molar-refractivity contribution in [1.29, 1.82) is 0 Å². The third kappa shape index (κ3) is 3.58. The predicted octanol–water partition coefficient (Wildman–Crippen LogP) is 2.31. The van der Waals surface area contributed by atoms with Gasteiger partial charge in [-0.15, -0.1) is 0 Å². The van der Waals surface area contributed by atoms with Gasteiger partial charge in [-0.05, 0) is 39.5 Å². The first kappa shape index (κ1) is 13.6. The fourth-order valence-electron chi connectivity index (χ4n) is 2.23. The number of anilines is 1. The van der Waals surface area contributed by atoms with Crippen LogP contribution in [0.4, 0.5) is 5.69 Å².